The van der Waals surface area contributed by atoms with Gasteiger partial charge in [0.25, 0.3) is 5.91 Å². The lowest BCUT2D eigenvalue weighted by Gasteiger charge is -2.11. The highest BCUT2D eigenvalue weighted by atomic mass is 16.2. The molecule has 66 valence electrons. The van der Waals surface area contributed by atoms with Crippen molar-refractivity contribution in [3.63, 3.8) is 0 Å². The summed E-state index contributed by atoms with van der Waals surface area (Å²) in [6, 6.07) is -0.505. The molecular weight excluding hydrogens is 160 g/mol. The molecule has 1 aliphatic rings. The SMILES string of the molecule is CCN1C(=O)CN(C(C)=O)C1=O. The number of carbonyl (C=O) groups excluding carboxylic acids is 3. The van der Waals surface area contributed by atoms with E-state index in [1.165, 1.54) is 6.92 Å². The second-order valence-corrected chi connectivity index (χ2v) is 2.53. The first-order valence-electron chi connectivity index (χ1n) is 3.70. The van der Waals surface area contributed by atoms with Gasteiger partial charge in [0.05, 0.1) is 0 Å². The predicted octanol–water partition coefficient (Wildman–Crippen LogP) is -0.183. The van der Waals surface area contributed by atoms with E-state index < -0.39 is 6.03 Å². The average molecular weight is 170 g/mol. The fourth-order valence-electron chi connectivity index (χ4n) is 1.10. The Kier molecular flexibility index (Phi) is 2.12. The molecule has 1 aliphatic heterocycles. The Balaban J connectivity index is 2.82. The Morgan fingerprint density at radius 2 is 2.08 bits per heavy atom. The number of rotatable bonds is 1. The van der Waals surface area contributed by atoms with Gasteiger partial charge in [0.2, 0.25) is 5.91 Å². The van der Waals surface area contributed by atoms with E-state index in [2.05, 4.69) is 0 Å². The first kappa shape index (κ1) is 8.70. The van der Waals surface area contributed by atoms with E-state index in [1.54, 1.807) is 6.92 Å². The highest BCUT2D eigenvalue weighted by Gasteiger charge is 2.36. The minimum Gasteiger partial charge on any atom is -0.275 e. The summed E-state index contributed by atoms with van der Waals surface area (Å²) in [5.74, 6) is -0.693. The second kappa shape index (κ2) is 2.92. The Morgan fingerprint density at radius 1 is 1.50 bits per heavy atom. The molecule has 0 saturated carbocycles. The summed E-state index contributed by atoms with van der Waals surface area (Å²) in [7, 11) is 0. The number of hydrogen-bond donors (Lipinski definition) is 0. The fourth-order valence-corrected chi connectivity index (χ4v) is 1.10. The molecule has 0 aliphatic carbocycles. The molecule has 0 aromatic heterocycles. The lowest BCUT2D eigenvalue weighted by molar-refractivity contribution is -0.129. The van der Waals surface area contributed by atoms with Gasteiger partial charge in [-0.1, -0.05) is 0 Å². The van der Waals surface area contributed by atoms with Crippen LogP contribution in [0.2, 0.25) is 0 Å². The van der Waals surface area contributed by atoms with Crippen molar-refractivity contribution in [1.82, 2.24) is 9.80 Å². The molecule has 0 atom stereocenters. The summed E-state index contributed by atoms with van der Waals surface area (Å²) in [5.41, 5.74) is 0. The number of amides is 4. The summed E-state index contributed by atoms with van der Waals surface area (Å²) in [6.45, 7) is 3.17. The van der Waals surface area contributed by atoms with E-state index in [0.717, 1.165) is 9.80 Å². The van der Waals surface area contributed by atoms with E-state index in [-0.39, 0.29) is 18.4 Å². The van der Waals surface area contributed by atoms with Crippen molar-refractivity contribution >= 4 is 17.8 Å². The van der Waals surface area contributed by atoms with Crippen LogP contribution in [0.3, 0.4) is 0 Å². The molecule has 1 saturated heterocycles. The van der Waals surface area contributed by atoms with Gasteiger partial charge in [-0.05, 0) is 6.92 Å². The van der Waals surface area contributed by atoms with Crippen LogP contribution in [0.15, 0.2) is 0 Å². The van der Waals surface area contributed by atoms with Crippen LogP contribution in [0, 0.1) is 0 Å². The average Bonchev–Trinajstić information content (AvgIpc) is 2.27. The van der Waals surface area contributed by atoms with Crippen molar-refractivity contribution in [2.24, 2.45) is 0 Å². The van der Waals surface area contributed by atoms with Crippen molar-refractivity contribution in [2.45, 2.75) is 13.8 Å². The predicted molar refractivity (Wildman–Crippen MR) is 40.2 cm³/mol. The largest absolute Gasteiger partial charge is 0.333 e. The van der Waals surface area contributed by atoms with Crippen molar-refractivity contribution in [2.75, 3.05) is 13.1 Å². The molecule has 1 fully saturated rings. The maximum atomic E-state index is 11.2. The van der Waals surface area contributed by atoms with E-state index in [1.807, 2.05) is 0 Å². The zero-order chi connectivity index (χ0) is 9.30. The molecule has 0 spiro atoms. The van der Waals surface area contributed by atoms with Crippen LogP contribution in [0.5, 0.6) is 0 Å². The highest BCUT2D eigenvalue weighted by Crippen LogP contribution is 2.09. The lowest BCUT2D eigenvalue weighted by atomic mass is 10.5. The van der Waals surface area contributed by atoms with Crippen LogP contribution in [-0.4, -0.2) is 40.7 Å². The highest BCUT2D eigenvalue weighted by molar-refractivity contribution is 6.09. The van der Waals surface area contributed by atoms with Gasteiger partial charge in [-0.2, -0.15) is 0 Å². The number of carbonyl (C=O) groups is 3. The molecule has 5 heteroatoms. The molecule has 5 nitrogen and oxygen atoms in total. The zero-order valence-electron chi connectivity index (χ0n) is 7.03. The minimum atomic E-state index is -0.505. The first-order chi connectivity index (χ1) is 5.57. The third-order valence-electron chi connectivity index (χ3n) is 1.75. The van der Waals surface area contributed by atoms with E-state index in [9.17, 15) is 14.4 Å². The molecule has 1 heterocycles. The number of imide groups is 2. The van der Waals surface area contributed by atoms with Crippen LogP contribution in [-0.2, 0) is 9.59 Å². The molecule has 0 N–H and O–H groups in total. The molecule has 12 heavy (non-hydrogen) atoms. The summed E-state index contributed by atoms with van der Waals surface area (Å²) in [6.07, 6.45) is 0. The van der Waals surface area contributed by atoms with Crippen molar-refractivity contribution in [1.29, 1.82) is 0 Å². The van der Waals surface area contributed by atoms with Gasteiger partial charge >= 0.3 is 6.03 Å². The number of likely N-dealkylation sites (N-methyl/N-ethyl adjacent to an activating group) is 1. The smallest absolute Gasteiger partial charge is 0.275 e. The topological polar surface area (TPSA) is 57.7 Å². The van der Waals surface area contributed by atoms with Gasteiger partial charge < -0.3 is 0 Å². The summed E-state index contributed by atoms with van der Waals surface area (Å²) in [4.78, 5) is 35.0. The zero-order valence-corrected chi connectivity index (χ0v) is 7.03. The molecule has 0 unspecified atom stereocenters. The fraction of sp³-hybridized carbons (Fsp3) is 0.571. The molecule has 4 amide bonds. The van der Waals surface area contributed by atoms with Crippen LogP contribution in [0.1, 0.15) is 13.8 Å². The Bertz CT molecular complexity index is 249. The van der Waals surface area contributed by atoms with Gasteiger partial charge in [-0.25, -0.2) is 4.79 Å². The minimum absolute atomic E-state index is 0.109. The number of nitrogens with zero attached hydrogens (tertiary/aromatic N) is 2. The van der Waals surface area contributed by atoms with Gasteiger partial charge in [-0.15, -0.1) is 0 Å². The summed E-state index contributed by atoms with van der Waals surface area (Å²) < 4.78 is 0. The van der Waals surface area contributed by atoms with E-state index >= 15 is 0 Å². The maximum absolute atomic E-state index is 11.2. The number of urea groups is 1. The Hall–Kier alpha value is -1.39. The first-order valence-corrected chi connectivity index (χ1v) is 3.70. The quantitative estimate of drug-likeness (QED) is 0.513. The molecule has 0 bridgehead atoms. The normalized spacial score (nSPS) is 17.5. The Morgan fingerprint density at radius 3 is 2.33 bits per heavy atom. The summed E-state index contributed by atoms with van der Waals surface area (Å²) >= 11 is 0. The number of hydrogen-bond acceptors (Lipinski definition) is 3. The Labute approximate surface area is 69.9 Å². The van der Waals surface area contributed by atoms with Gasteiger partial charge in [0, 0.05) is 13.5 Å². The lowest BCUT2D eigenvalue weighted by Crippen LogP contribution is -2.35. The third-order valence-corrected chi connectivity index (χ3v) is 1.75. The van der Waals surface area contributed by atoms with Crippen molar-refractivity contribution in [3.05, 3.63) is 0 Å². The van der Waals surface area contributed by atoms with Gasteiger partial charge in [0.1, 0.15) is 6.54 Å². The van der Waals surface area contributed by atoms with Gasteiger partial charge in [-0.3, -0.25) is 19.4 Å². The van der Waals surface area contributed by atoms with Gasteiger partial charge in [0.15, 0.2) is 0 Å². The summed E-state index contributed by atoms with van der Waals surface area (Å²) in [5, 5.41) is 0. The second-order valence-electron chi connectivity index (χ2n) is 2.53. The standard InChI is InChI=1S/C7H10N2O3/c1-3-8-6(11)4-9(5(2)10)7(8)12/h3-4H2,1-2H3. The maximum Gasteiger partial charge on any atom is 0.333 e. The van der Waals surface area contributed by atoms with Crippen LogP contribution < -0.4 is 0 Å². The van der Waals surface area contributed by atoms with Crippen molar-refractivity contribution in [3.8, 4) is 0 Å². The molecule has 1 rings (SSSR count). The molecular formula is C7H10N2O3. The molecule has 0 aromatic carbocycles. The molecule has 0 radical (unpaired) electrons. The van der Waals surface area contributed by atoms with E-state index in [0.29, 0.717) is 6.54 Å². The monoisotopic (exact) mass is 170 g/mol. The third kappa shape index (κ3) is 1.17. The molecule has 0 aromatic rings. The van der Waals surface area contributed by atoms with E-state index in [4.69, 9.17) is 0 Å². The van der Waals surface area contributed by atoms with Crippen LogP contribution >= 0.6 is 0 Å². The van der Waals surface area contributed by atoms with Crippen LogP contribution in [0.25, 0.3) is 0 Å². The van der Waals surface area contributed by atoms with Crippen molar-refractivity contribution < 1.29 is 14.4 Å². The van der Waals surface area contributed by atoms with Crippen LogP contribution in [0.4, 0.5) is 4.79 Å².